The highest BCUT2D eigenvalue weighted by atomic mass is 16.5. The minimum Gasteiger partial charge on any atom is -0.464 e. The average molecular weight is 394 g/mol. The summed E-state index contributed by atoms with van der Waals surface area (Å²) in [5, 5.41) is 3.11. The molecule has 0 radical (unpaired) electrons. The van der Waals surface area contributed by atoms with Crippen molar-refractivity contribution in [3.8, 4) is 0 Å². The molecule has 0 unspecified atom stereocenters. The first-order valence-corrected chi connectivity index (χ1v) is 10.3. The maximum Gasteiger partial charge on any atom is 0.318 e. The summed E-state index contributed by atoms with van der Waals surface area (Å²) in [6, 6.07) is 3.75. The summed E-state index contributed by atoms with van der Waals surface area (Å²) in [6.45, 7) is 7.03. The molecule has 0 aromatic carbocycles. The second-order valence-electron chi connectivity index (χ2n) is 7.83. The van der Waals surface area contributed by atoms with E-state index in [2.05, 4.69) is 5.32 Å². The van der Waals surface area contributed by atoms with Crippen LogP contribution in [0, 0.1) is 6.92 Å². The number of furan rings is 1. The molecule has 0 atom stereocenters. The molecule has 1 fully saturated rings. The van der Waals surface area contributed by atoms with Crippen LogP contribution in [0.1, 0.15) is 57.5 Å². The van der Waals surface area contributed by atoms with E-state index in [4.69, 9.17) is 9.15 Å². The van der Waals surface area contributed by atoms with Crippen molar-refractivity contribution >= 4 is 11.9 Å². The fourth-order valence-electron chi connectivity index (χ4n) is 3.49. The molecule has 1 saturated carbocycles. The third kappa shape index (κ3) is 6.86. The molecular formula is C21H35N3O4. The van der Waals surface area contributed by atoms with E-state index in [9.17, 15) is 9.59 Å². The zero-order valence-corrected chi connectivity index (χ0v) is 17.7. The van der Waals surface area contributed by atoms with Crippen LogP contribution in [-0.2, 0) is 16.1 Å². The Morgan fingerprint density at radius 2 is 1.96 bits per heavy atom. The Morgan fingerprint density at radius 1 is 1.25 bits per heavy atom. The van der Waals surface area contributed by atoms with E-state index in [0.29, 0.717) is 19.7 Å². The molecule has 0 saturated heterocycles. The number of hydrogen-bond acceptors (Lipinski definition) is 4. The Hall–Kier alpha value is -2.02. The van der Waals surface area contributed by atoms with Gasteiger partial charge in [-0.05, 0) is 45.7 Å². The summed E-state index contributed by atoms with van der Waals surface area (Å²) >= 11 is 0. The molecule has 158 valence electrons. The minimum absolute atomic E-state index is 0.0413. The summed E-state index contributed by atoms with van der Waals surface area (Å²) in [6.07, 6.45) is 5.57. The quantitative estimate of drug-likeness (QED) is 0.698. The molecule has 1 aromatic rings. The van der Waals surface area contributed by atoms with Crippen LogP contribution >= 0.6 is 0 Å². The van der Waals surface area contributed by atoms with Crippen molar-refractivity contribution in [2.45, 2.75) is 71.5 Å². The van der Waals surface area contributed by atoms with E-state index in [1.165, 1.54) is 6.42 Å². The summed E-state index contributed by atoms with van der Waals surface area (Å²) in [4.78, 5) is 29.1. The van der Waals surface area contributed by atoms with Gasteiger partial charge in [-0.15, -0.1) is 0 Å². The first-order valence-electron chi connectivity index (χ1n) is 10.3. The summed E-state index contributed by atoms with van der Waals surface area (Å²) < 4.78 is 10.8. The molecule has 0 aliphatic heterocycles. The minimum atomic E-state index is -0.157. The highest BCUT2D eigenvalue weighted by Crippen LogP contribution is 2.18. The van der Waals surface area contributed by atoms with Crippen LogP contribution in [0.15, 0.2) is 16.5 Å². The van der Waals surface area contributed by atoms with Gasteiger partial charge >= 0.3 is 6.03 Å². The van der Waals surface area contributed by atoms with Crippen molar-refractivity contribution in [1.82, 2.24) is 15.1 Å². The maximum atomic E-state index is 13.0. The number of aryl methyl sites for hydroxylation is 1. The van der Waals surface area contributed by atoms with E-state index in [1.807, 2.05) is 32.9 Å². The number of rotatable bonds is 9. The first-order chi connectivity index (χ1) is 13.4. The zero-order valence-electron chi connectivity index (χ0n) is 17.7. The highest BCUT2D eigenvalue weighted by Gasteiger charge is 2.26. The molecule has 0 spiro atoms. The van der Waals surface area contributed by atoms with Crippen LogP contribution < -0.4 is 5.32 Å². The summed E-state index contributed by atoms with van der Waals surface area (Å²) in [5.41, 5.74) is 0. The van der Waals surface area contributed by atoms with E-state index < -0.39 is 0 Å². The molecule has 1 aliphatic carbocycles. The molecule has 28 heavy (non-hydrogen) atoms. The second-order valence-corrected chi connectivity index (χ2v) is 7.83. The monoisotopic (exact) mass is 393 g/mol. The van der Waals surface area contributed by atoms with Crippen molar-refractivity contribution in [1.29, 1.82) is 0 Å². The topological polar surface area (TPSA) is 75.0 Å². The van der Waals surface area contributed by atoms with Crippen LogP contribution in [-0.4, -0.2) is 60.6 Å². The molecule has 1 aliphatic rings. The molecule has 1 aromatic heterocycles. The number of amides is 3. The fraction of sp³-hybridized carbons (Fsp3) is 0.714. The summed E-state index contributed by atoms with van der Waals surface area (Å²) in [5.74, 6) is 1.42. The van der Waals surface area contributed by atoms with Crippen molar-refractivity contribution in [2.24, 2.45) is 0 Å². The van der Waals surface area contributed by atoms with E-state index in [-0.39, 0.29) is 30.6 Å². The van der Waals surface area contributed by atoms with Crippen LogP contribution in [0.2, 0.25) is 0 Å². The number of nitrogens with one attached hydrogen (secondary N) is 1. The third-order valence-electron chi connectivity index (χ3n) is 5.18. The normalized spacial score (nSPS) is 14.9. The number of hydrogen-bond donors (Lipinski definition) is 1. The zero-order chi connectivity index (χ0) is 20.5. The predicted molar refractivity (Wildman–Crippen MR) is 108 cm³/mol. The number of urea groups is 1. The molecule has 7 nitrogen and oxygen atoms in total. The van der Waals surface area contributed by atoms with Crippen molar-refractivity contribution in [3.05, 3.63) is 23.7 Å². The molecular weight excluding hydrogens is 358 g/mol. The van der Waals surface area contributed by atoms with Crippen LogP contribution in [0.4, 0.5) is 4.79 Å². The van der Waals surface area contributed by atoms with Crippen LogP contribution in [0.5, 0.6) is 0 Å². The van der Waals surface area contributed by atoms with Crippen LogP contribution in [0.3, 0.4) is 0 Å². The van der Waals surface area contributed by atoms with Crippen molar-refractivity contribution in [3.63, 3.8) is 0 Å². The van der Waals surface area contributed by atoms with Gasteiger partial charge in [0, 0.05) is 25.7 Å². The van der Waals surface area contributed by atoms with Gasteiger partial charge in [0.1, 0.15) is 18.1 Å². The Morgan fingerprint density at radius 3 is 2.54 bits per heavy atom. The molecule has 0 bridgehead atoms. The molecule has 3 amide bonds. The Labute approximate surface area is 168 Å². The van der Waals surface area contributed by atoms with Gasteiger partial charge in [0.05, 0.1) is 13.2 Å². The van der Waals surface area contributed by atoms with Gasteiger partial charge in [0.2, 0.25) is 5.91 Å². The Balaban J connectivity index is 2.00. The summed E-state index contributed by atoms with van der Waals surface area (Å²) in [7, 11) is 1.61. The molecule has 1 heterocycles. The second kappa shape index (κ2) is 11.1. The lowest BCUT2D eigenvalue weighted by Gasteiger charge is -2.32. The highest BCUT2D eigenvalue weighted by molar-refractivity contribution is 5.84. The lowest BCUT2D eigenvalue weighted by molar-refractivity contribution is -0.133. The Bertz CT molecular complexity index is 623. The van der Waals surface area contributed by atoms with Gasteiger partial charge in [-0.3, -0.25) is 4.79 Å². The predicted octanol–water partition coefficient (Wildman–Crippen LogP) is 3.32. The van der Waals surface area contributed by atoms with E-state index in [0.717, 1.165) is 37.2 Å². The maximum absolute atomic E-state index is 13.0. The number of ether oxygens (including phenoxy) is 1. The largest absolute Gasteiger partial charge is 0.464 e. The van der Waals surface area contributed by atoms with Crippen molar-refractivity contribution in [2.75, 3.05) is 26.8 Å². The third-order valence-corrected chi connectivity index (χ3v) is 5.18. The van der Waals surface area contributed by atoms with Gasteiger partial charge < -0.3 is 24.3 Å². The number of carbonyl (C=O) groups is 2. The number of carbonyl (C=O) groups excluding carboxylic acids is 2. The van der Waals surface area contributed by atoms with Crippen molar-refractivity contribution < 1.29 is 18.7 Å². The number of nitrogens with zero attached hydrogens (tertiary/aromatic N) is 2. The number of methoxy groups -OCH3 is 1. The Kier molecular flexibility index (Phi) is 8.83. The van der Waals surface area contributed by atoms with Gasteiger partial charge in [-0.1, -0.05) is 19.3 Å². The first kappa shape index (κ1) is 22.3. The molecule has 2 rings (SSSR count). The smallest absolute Gasteiger partial charge is 0.318 e. The lowest BCUT2D eigenvalue weighted by atomic mass is 9.96. The lowest BCUT2D eigenvalue weighted by Crippen LogP contribution is -2.52. The van der Waals surface area contributed by atoms with Crippen LogP contribution in [0.25, 0.3) is 0 Å². The van der Waals surface area contributed by atoms with E-state index >= 15 is 0 Å². The van der Waals surface area contributed by atoms with Gasteiger partial charge in [-0.2, -0.15) is 0 Å². The van der Waals surface area contributed by atoms with E-state index in [1.54, 1.807) is 16.9 Å². The molecule has 7 heteroatoms. The average Bonchev–Trinajstić information content (AvgIpc) is 3.08. The SMILES string of the molecule is COCCN(Cc1ccc(C)o1)C(=O)CN(C(=O)NC1CCCCC1)C(C)C. The fourth-order valence-corrected chi connectivity index (χ4v) is 3.49. The van der Waals surface area contributed by atoms with Gasteiger partial charge in [0.25, 0.3) is 0 Å². The van der Waals surface area contributed by atoms with Gasteiger partial charge in [0.15, 0.2) is 0 Å². The van der Waals surface area contributed by atoms with Gasteiger partial charge in [-0.25, -0.2) is 4.79 Å². The molecule has 1 N–H and O–H groups in total. The standard InChI is InChI=1S/C21H35N3O4/c1-16(2)24(21(26)22-18-8-6-5-7-9-18)15-20(25)23(12-13-27-4)14-19-11-10-17(3)28-19/h10-11,16,18H,5-9,12-15H2,1-4H3,(H,22,26).